The van der Waals surface area contributed by atoms with Crippen molar-refractivity contribution in [3.8, 4) is 0 Å². The lowest BCUT2D eigenvalue weighted by Crippen LogP contribution is -2.31. The molecule has 36 heavy (non-hydrogen) atoms. The van der Waals surface area contributed by atoms with Gasteiger partial charge in [0.05, 0.1) is 16.5 Å². The number of nitrogens with zero attached hydrogens (tertiary/aromatic N) is 2. The van der Waals surface area contributed by atoms with Crippen LogP contribution in [0, 0.1) is 10.1 Å². The van der Waals surface area contributed by atoms with Gasteiger partial charge in [0.15, 0.2) is 0 Å². The Morgan fingerprint density at radius 2 is 1.72 bits per heavy atom. The minimum absolute atomic E-state index is 0.0740. The van der Waals surface area contributed by atoms with Gasteiger partial charge in [-0.1, -0.05) is 29.8 Å². The fraction of sp³-hybridized carbons (Fsp3) is 0.111. The fourth-order valence-electron chi connectivity index (χ4n) is 4.58. The molecule has 0 spiro atoms. The summed E-state index contributed by atoms with van der Waals surface area (Å²) in [7, 11) is 0. The summed E-state index contributed by atoms with van der Waals surface area (Å²) >= 11 is 5.96. The maximum Gasteiger partial charge on any atom is 0.295 e. The molecule has 1 fully saturated rings. The predicted octanol–water partition coefficient (Wildman–Crippen LogP) is 5.39. The second kappa shape index (κ2) is 9.31. The van der Waals surface area contributed by atoms with Gasteiger partial charge in [0.1, 0.15) is 5.76 Å². The second-order valence-electron chi connectivity index (χ2n) is 8.46. The molecule has 0 unspecified atom stereocenters. The van der Waals surface area contributed by atoms with Crippen LogP contribution in [0.2, 0.25) is 5.02 Å². The smallest absolute Gasteiger partial charge is 0.295 e. The molecule has 1 aliphatic rings. The molecular formula is C27H20ClN3O5. The fourth-order valence-corrected chi connectivity index (χ4v) is 4.70. The number of carbonyl (C=O) groups excluding carboxylic acids is 2. The molecule has 0 saturated carbocycles. The molecule has 1 aliphatic heterocycles. The van der Waals surface area contributed by atoms with Gasteiger partial charge in [-0.15, -0.1) is 0 Å². The summed E-state index contributed by atoms with van der Waals surface area (Å²) in [5.74, 6) is -1.89. The van der Waals surface area contributed by atoms with Crippen molar-refractivity contribution < 1.29 is 19.6 Å². The van der Waals surface area contributed by atoms with Crippen LogP contribution in [0.5, 0.6) is 0 Å². The van der Waals surface area contributed by atoms with Crippen LogP contribution in [0.1, 0.15) is 22.7 Å². The highest BCUT2D eigenvalue weighted by Crippen LogP contribution is 2.40. The van der Waals surface area contributed by atoms with Gasteiger partial charge in [-0.2, -0.15) is 0 Å². The van der Waals surface area contributed by atoms with Crippen LogP contribution >= 0.6 is 11.6 Å². The van der Waals surface area contributed by atoms with Crippen molar-refractivity contribution in [1.82, 2.24) is 9.88 Å². The summed E-state index contributed by atoms with van der Waals surface area (Å²) in [4.78, 5) is 41.6. The summed E-state index contributed by atoms with van der Waals surface area (Å²) in [6.07, 6.45) is 2.33. The Labute approximate surface area is 210 Å². The number of hydrogen-bond donors (Lipinski definition) is 2. The maximum atomic E-state index is 13.2. The van der Waals surface area contributed by atoms with E-state index < -0.39 is 22.7 Å². The van der Waals surface area contributed by atoms with Crippen LogP contribution in [-0.4, -0.2) is 38.1 Å². The van der Waals surface area contributed by atoms with Crippen molar-refractivity contribution >= 4 is 45.6 Å². The van der Waals surface area contributed by atoms with E-state index in [0.29, 0.717) is 22.6 Å². The molecule has 0 aliphatic carbocycles. The van der Waals surface area contributed by atoms with Gasteiger partial charge in [-0.05, 0) is 60.0 Å². The highest BCUT2D eigenvalue weighted by atomic mass is 35.5. The first kappa shape index (κ1) is 23.3. The van der Waals surface area contributed by atoms with Gasteiger partial charge in [0.25, 0.3) is 17.4 Å². The number of aliphatic hydroxyl groups excluding tert-OH is 1. The van der Waals surface area contributed by atoms with E-state index in [-0.39, 0.29) is 23.6 Å². The van der Waals surface area contributed by atoms with E-state index in [9.17, 15) is 24.8 Å². The number of aromatic nitrogens is 1. The van der Waals surface area contributed by atoms with Crippen LogP contribution in [0.15, 0.2) is 84.6 Å². The number of fused-ring (bicyclic) bond motifs is 1. The number of halogens is 1. The Kier molecular flexibility index (Phi) is 6.03. The van der Waals surface area contributed by atoms with E-state index in [0.717, 1.165) is 16.5 Å². The van der Waals surface area contributed by atoms with E-state index in [4.69, 9.17) is 11.6 Å². The number of Topliss-reactive ketones (excluding diaryl/α,β-unsaturated/α-hetero) is 1. The lowest BCUT2D eigenvalue weighted by Gasteiger charge is -2.25. The molecule has 1 atom stereocenters. The van der Waals surface area contributed by atoms with Gasteiger partial charge in [0, 0.05) is 46.4 Å². The van der Waals surface area contributed by atoms with Crippen LogP contribution in [0.4, 0.5) is 5.69 Å². The molecule has 180 valence electrons. The number of nitro groups is 1. The number of amides is 1. The summed E-state index contributed by atoms with van der Waals surface area (Å²) in [6, 6.07) is 18.8. The number of carbonyl (C=O) groups is 2. The zero-order valence-corrected chi connectivity index (χ0v) is 19.6. The molecule has 1 saturated heterocycles. The zero-order chi connectivity index (χ0) is 25.4. The number of hydrogen-bond acceptors (Lipinski definition) is 5. The molecule has 2 heterocycles. The highest BCUT2D eigenvalue weighted by Gasteiger charge is 2.46. The second-order valence-corrected chi connectivity index (χ2v) is 8.89. The molecule has 3 aromatic carbocycles. The third kappa shape index (κ3) is 4.12. The van der Waals surface area contributed by atoms with Crippen molar-refractivity contribution in [2.24, 2.45) is 0 Å². The molecule has 1 aromatic heterocycles. The summed E-state index contributed by atoms with van der Waals surface area (Å²) < 4.78 is 0. The van der Waals surface area contributed by atoms with Gasteiger partial charge >= 0.3 is 0 Å². The largest absolute Gasteiger partial charge is 0.507 e. The Morgan fingerprint density at radius 1 is 1.03 bits per heavy atom. The molecule has 0 radical (unpaired) electrons. The number of nitrogens with one attached hydrogen (secondary N) is 1. The summed E-state index contributed by atoms with van der Waals surface area (Å²) in [5.41, 5.74) is 2.56. The van der Waals surface area contributed by atoms with Gasteiger partial charge in [-0.3, -0.25) is 19.7 Å². The van der Waals surface area contributed by atoms with Crippen LogP contribution in [0.3, 0.4) is 0 Å². The van der Waals surface area contributed by atoms with Crippen molar-refractivity contribution in [3.05, 3.63) is 116 Å². The average molecular weight is 502 g/mol. The Morgan fingerprint density at radius 3 is 2.42 bits per heavy atom. The van der Waals surface area contributed by atoms with Crippen LogP contribution < -0.4 is 0 Å². The number of non-ortho nitro benzene ring substituents is 1. The molecule has 0 bridgehead atoms. The molecule has 9 heteroatoms. The van der Waals surface area contributed by atoms with Crippen molar-refractivity contribution in [2.45, 2.75) is 12.5 Å². The van der Waals surface area contributed by atoms with Gasteiger partial charge in [0.2, 0.25) is 0 Å². The Bertz CT molecular complexity index is 1520. The number of rotatable bonds is 6. The van der Waals surface area contributed by atoms with Crippen molar-refractivity contribution in [2.75, 3.05) is 6.54 Å². The zero-order valence-electron chi connectivity index (χ0n) is 18.8. The lowest BCUT2D eigenvalue weighted by atomic mass is 9.95. The predicted molar refractivity (Wildman–Crippen MR) is 136 cm³/mol. The number of H-pyrrole nitrogens is 1. The number of likely N-dealkylation sites (tertiary alicyclic amines) is 1. The first-order valence-electron chi connectivity index (χ1n) is 11.2. The molecule has 8 nitrogen and oxygen atoms in total. The van der Waals surface area contributed by atoms with E-state index in [1.165, 1.54) is 29.2 Å². The average Bonchev–Trinajstić information content (AvgIpc) is 3.41. The number of nitro benzene ring substituents is 1. The minimum Gasteiger partial charge on any atom is -0.507 e. The first-order chi connectivity index (χ1) is 17.3. The third-order valence-electron chi connectivity index (χ3n) is 6.37. The molecule has 4 aromatic rings. The molecule has 5 rings (SSSR count). The number of benzene rings is 3. The van der Waals surface area contributed by atoms with E-state index in [1.807, 2.05) is 30.5 Å². The molecule has 2 N–H and O–H groups in total. The maximum absolute atomic E-state index is 13.2. The van der Waals surface area contributed by atoms with Crippen molar-refractivity contribution in [1.29, 1.82) is 0 Å². The Balaban J connectivity index is 1.57. The third-order valence-corrected chi connectivity index (χ3v) is 6.63. The number of ketones is 1. The van der Waals surface area contributed by atoms with Gasteiger partial charge in [-0.25, -0.2) is 0 Å². The normalized spacial score (nSPS) is 17.1. The Hall–Kier alpha value is -4.43. The van der Waals surface area contributed by atoms with E-state index in [2.05, 4.69) is 4.98 Å². The van der Waals surface area contributed by atoms with Crippen LogP contribution in [-0.2, 0) is 16.0 Å². The monoisotopic (exact) mass is 501 g/mol. The number of aromatic amines is 1. The van der Waals surface area contributed by atoms with Crippen LogP contribution in [0.25, 0.3) is 16.7 Å². The SMILES string of the molecule is O=C1C(=O)N(CCc2c[nH]c3ccccc23)[C@@H](c2ccc([N+](=O)[O-])cc2)C1=C(O)c1ccc(Cl)cc1. The summed E-state index contributed by atoms with van der Waals surface area (Å²) in [6.45, 7) is 0.200. The molecular weight excluding hydrogens is 482 g/mol. The minimum atomic E-state index is -0.910. The van der Waals surface area contributed by atoms with E-state index in [1.54, 1.807) is 24.3 Å². The lowest BCUT2D eigenvalue weighted by molar-refractivity contribution is -0.384. The van der Waals surface area contributed by atoms with E-state index >= 15 is 0 Å². The number of aliphatic hydroxyl groups is 1. The topological polar surface area (TPSA) is 117 Å². The van der Waals surface area contributed by atoms with Crippen molar-refractivity contribution in [3.63, 3.8) is 0 Å². The quantitative estimate of drug-likeness (QED) is 0.121. The summed E-state index contributed by atoms with van der Waals surface area (Å²) in [5, 5.41) is 23.7. The standard InChI is InChI=1S/C27H20ClN3O5/c28-19-9-5-17(6-10-19)25(32)23-24(16-7-11-20(12-8-16)31(35)36)30(27(34)26(23)33)14-13-18-15-29-22-4-2-1-3-21(18)22/h1-12,15,24,29,32H,13-14H2/t24-/m0/s1. The first-order valence-corrected chi connectivity index (χ1v) is 11.6. The molecule has 1 amide bonds. The highest BCUT2D eigenvalue weighted by molar-refractivity contribution is 6.46. The number of para-hydroxylation sites is 1. The van der Waals surface area contributed by atoms with Gasteiger partial charge < -0.3 is 15.0 Å².